The van der Waals surface area contributed by atoms with Crippen LogP contribution in [-0.4, -0.2) is 15.1 Å². The van der Waals surface area contributed by atoms with Crippen LogP contribution in [0.15, 0.2) is 40.9 Å². The Kier molecular flexibility index (Phi) is 4.80. The molecule has 4 rings (SSSR count). The Morgan fingerprint density at radius 1 is 1.00 bits per heavy atom. The van der Waals surface area contributed by atoms with Crippen molar-refractivity contribution in [1.29, 1.82) is 0 Å². The smallest absolute Gasteiger partial charge is 0.227 e. The van der Waals surface area contributed by atoms with Crippen molar-refractivity contribution in [2.45, 2.75) is 47.5 Å². The van der Waals surface area contributed by atoms with Crippen molar-refractivity contribution in [3.63, 3.8) is 0 Å². The van der Waals surface area contributed by atoms with Crippen molar-refractivity contribution >= 4 is 10.9 Å². The fraction of sp³-hybridized carbons (Fsp3) is 0.333. The van der Waals surface area contributed by atoms with Crippen molar-refractivity contribution in [3.05, 3.63) is 59.0 Å². The van der Waals surface area contributed by atoms with E-state index in [-0.39, 0.29) is 0 Å². The quantitative estimate of drug-likeness (QED) is 0.449. The monoisotopic (exact) mass is 373 g/mol. The molecule has 0 unspecified atom stereocenters. The first-order valence-corrected chi connectivity index (χ1v) is 10.0. The van der Waals surface area contributed by atoms with Gasteiger partial charge in [0.2, 0.25) is 11.7 Å². The number of rotatable bonds is 5. The number of hydrogen-bond acceptors (Lipinski definition) is 3. The van der Waals surface area contributed by atoms with Gasteiger partial charge in [0.15, 0.2) is 0 Å². The van der Waals surface area contributed by atoms with Gasteiger partial charge in [-0.1, -0.05) is 43.1 Å². The Balaban J connectivity index is 1.80. The van der Waals surface area contributed by atoms with Crippen molar-refractivity contribution in [3.8, 4) is 22.6 Å². The molecule has 0 amide bonds. The zero-order chi connectivity index (χ0) is 19.8. The third-order valence-electron chi connectivity index (χ3n) is 5.08. The summed E-state index contributed by atoms with van der Waals surface area (Å²) in [5.74, 6) is 1.85. The van der Waals surface area contributed by atoms with E-state index in [2.05, 4.69) is 86.1 Å². The highest BCUT2D eigenvalue weighted by atomic mass is 16.5. The molecule has 2 aromatic carbocycles. The Hall–Kier alpha value is -2.88. The lowest BCUT2D eigenvalue weighted by Crippen LogP contribution is -1.93. The van der Waals surface area contributed by atoms with Gasteiger partial charge in [0.25, 0.3) is 0 Å². The molecule has 0 saturated heterocycles. The highest BCUT2D eigenvalue weighted by Crippen LogP contribution is 2.34. The van der Waals surface area contributed by atoms with Gasteiger partial charge in [-0.3, -0.25) is 0 Å². The van der Waals surface area contributed by atoms with Gasteiger partial charge in [-0.15, -0.1) is 0 Å². The zero-order valence-corrected chi connectivity index (χ0v) is 17.3. The van der Waals surface area contributed by atoms with Gasteiger partial charge in [0.1, 0.15) is 0 Å². The van der Waals surface area contributed by atoms with Gasteiger partial charge in [-0.25, -0.2) is 0 Å². The lowest BCUT2D eigenvalue weighted by atomic mass is 9.99. The highest BCUT2D eigenvalue weighted by Gasteiger charge is 2.15. The molecule has 4 nitrogen and oxygen atoms in total. The van der Waals surface area contributed by atoms with Crippen molar-refractivity contribution in [2.75, 3.05) is 0 Å². The minimum atomic E-state index is 0.493. The van der Waals surface area contributed by atoms with Gasteiger partial charge >= 0.3 is 0 Å². The third kappa shape index (κ3) is 3.47. The van der Waals surface area contributed by atoms with Crippen molar-refractivity contribution < 1.29 is 4.52 Å². The summed E-state index contributed by atoms with van der Waals surface area (Å²) in [6, 6.07) is 13.1. The largest absolute Gasteiger partial charge is 0.354 e. The molecular formula is C24H27N3O. The minimum absolute atomic E-state index is 0.493. The molecule has 4 heteroatoms. The van der Waals surface area contributed by atoms with E-state index in [1.54, 1.807) is 0 Å². The lowest BCUT2D eigenvalue weighted by Gasteiger charge is -2.06. The second-order valence-corrected chi connectivity index (χ2v) is 8.08. The summed E-state index contributed by atoms with van der Waals surface area (Å²) in [6.07, 6.45) is 1.76. The molecule has 0 atom stereocenters. The molecular weight excluding hydrogens is 346 g/mol. The van der Waals surface area contributed by atoms with Gasteiger partial charge < -0.3 is 9.51 Å². The Bertz CT molecular complexity index is 1110. The molecule has 0 fully saturated rings. The van der Waals surface area contributed by atoms with E-state index in [9.17, 15) is 0 Å². The van der Waals surface area contributed by atoms with Gasteiger partial charge in [-0.2, -0.15) is 4.98 Å². The predicted molar refractivity (Wildman–Crippen MR) is 114 cm³/mol. The van der Waals surface area contributed by atoms with Crippen LogP contribution in [0.1, 0.15) is 43.4 Å². The average molecular weight is 374 g/mol. The molecule has 0 spiro atoms. The van der Waals surface area contributed by atoms with E-state index in [1.807, 2.05) is 0 Å². The summed E-state index contributed by atoms with van der Waals surface area (Å²) in [4.78, 5) is 8.21. The normalized spacial score (nSPS) is 11.6. The van der Waals surface area contributed by atoms with Crippen LogP contribution < -0.4 is 0 Å². The molecule has 0 aliphatic carbocycles. The summed E-state index contributed by atoms with van der Waals surface area (Å²) in [5, 5.41) is 5.42. The molecule has 0 saturated carbocycles. The molecule has 0 bridgehead atoms. The lowest BCUT2D eigenvalue weighted by molar-refractivity contribution is 0.363. The maximum atomic E-state index is 5.43. The maximum absolute atomic E-state index is 5.43. The number of nitrogens with zero attached hydrogens (tertiary/aromatic N) is 2. The fourth-order valence-corrected chi connectivity index (χ4v) is 3.92. The molecule has 0 aliphatic rings. The van der Waals surface area contributed by atoms with Crippen molar-refractivity contribution in [1.82, 2.24) is 15.1 Å². The Morgan fingerprint density at radius 2 is 1.75 bits per heavy atom. The molecule has 0 radical (unpaired) electrons. The summed E-state index contributed by atoms with van der Waals surface area (Å²) < 4.78 is 5.43. The Morgan fingerprint density at radius 3 is 2.43 bits per heavy atom. The standard InChI is InChI=1S/C24H27N3O/c1-6-19-20-13-17(24-26-22(28-27-24)9-14(2)3)7-8-21(20)25-23(19)18-11-15(4)10-16(5)12-18/h7-8,10-14,25H,6,9H2,1-5H3. The molecule has 2 aromatic heterocycles. The summed E-state index contributed by atoms with van der Waals surface area (Å²) in [7, 11) is 0. The zero-order valence-electron chi connectivity index (χ0n) is 17.3. The van der Waals surface area contributed by atoms with Gasteiger partial charge in [-0.05, 0) is 67.6 Å². The number of aromatic nitrogens is 3. The van der Waals surface area contributed by atoms with Crippen LogP contribution in [0.4, 0.5) is 0 Å². The van der Waals surface area contributed by atoms with Crippen LogP contribution in [0.5, 0.6) is 0 Å². The maximum Gasteiger partial charge on any atom is 0.227 e. The molecule has 28 heavy (non-hydrogen) atoms. The molecule has 2 heterocycles. The second-order valence-electron chi connectivity index (χ2n) is 8.08. The minimum Gasteiger partial charge on any atom is -0.354 e. The van der Waals surface area contributed by atoms with E-state index in [0.717, 1.165) is 23.9 Å². The third-order valence-corrected chi connectivity index (χ3v) is 5.08. The second kappa shape index (κ2) is 7.27. The Labute approximate surface area is 166 Å². The van der Waals surface area contributed by atoms with Crippen LogP contribution in [0.3, 0.4) is 0 Å². The number of nitrogens with one attached hydrogen (secondary N) is 1. The molecule has 144 valence electrons. The first kappa shape index (κ1) is 18.5. The van der Waals surface area contributed by atoms with E-state index in [0.29, 0.717) is 17.6 Å². The topological polar surface area (TPSA) is 54.7 Å². The number of hydrogen-bond donors (Lipinski definition) is 1. The summed E-state index contributed by atoms with van der Waals surface area (Å²) in [5.41, 5.74) is 8.46. The SMILES string of the molecule is CCc1c(-c2cc(C)cc(C)c2)[nH]c2ccc(-c3noc(CC(C)C)n3)cc12. The number of fused-ring (bicyclic) bond motifs is 1. The number of aryl methyl sites for hydroxylation is 3. The van der Waals surface area contributed by atoms with E-state index in [4.69, 9.17) is 4.52 Å². The summed E-state index contributed by atoms with van der Waals surface area (Å²) >= 11 is 0. The van der Waals surface area contributed by atoms with Gasteiger partial charge in [0, 0.05) is 28.6 Å². The van der Waals surface area contributed by atoms with Crippen LogP contribution in [0, 0.1) is 19.8 Å². The fourth-order valence-electron chi connectivity index (χ4n) is 3.92. The molecule has 1 N–H and O–H groups in total. The molecule has 0 aliphatic heterocycles. The van der Waals surface area contributed by atoms with E-state index >= 15 is 0 Å². The van der Waals surface area contributed by atoms with Crippen LogP contribution >= 0.6 is 0 Å². The van der Waals surface area contributed by atoms with E-state index in [1.165, 1.54) is 33.3 Å². The van der Waals surface area contributed by atoms with Crippen molar-refractivity contribution in [2.24, 2.45) is 5.92 Å². The van der Waals surface area contributed by atoms with Crippen LogP contribution in [0.2, 0.25) is 0 Å². The number of benzene rings is 2. The average Bonchev–Trinajstić information content (AvgIpc) is 3.23. The number of aromatic amines is 1. The molecule has 4 aromatic rings. The first-order valence-electron chi connectivity index (χ1n) is 10.0. The van der Waals surface area contributed by atoms with E-state index < -0.39 is 0 Å². The highest BCUT2D eigenvalue weighted by molar-refractivity contribution is 5.93. The number of H-pyrrole nitrogens is 1. The first-order chi connectivity index (χ1) is 13.4. The predicted octanol–water partition coefficient (Wildman–Crippen LogP) is 6.26. The van der Waals surface area contributed by atoms with Crippen LogP contribution in [-0.2, 0) is 12.8 Å². The van der Waals surface area contributed by atoms with Gasteiger partial charge in [0.05, 0.1) is 0 Å². The summed E-state index contributed by atoms with van der Waals surface area (Å²) in [6.45, 7) is 10.8. The van der Waals surface area contributed by atoms with Crippen LogP contribution in [0.25, 0.3) is 33.5 Å².